The molecule has 1 atom stereocenters. The number of hydrogen-bond donors (Lipinski definition) is 1. The van der Waals surface area contributed by atoms with E-state index in [9.17, 15) is 18.0 Å². The molecule has 4 aromatic rings. The molecule has 4 aromatic carbocycles. The maximum atomic E-state index is 14.5. The van der Waals surface area contributed by atoms with Crippen molar-refractivity contribution in [3.63, 3.8) is 0 Å². The Labute approximate surface area is 269 Å². The Bertz CT molecular complexity index is 1680. The number of halogens is 1. The molecule has 0 saturated heterocycles. The van der Waals surface area contributed by atoms with Gasteiger partial charge in [-0.3, -0.25) is 13.9 Å². The molecule has 4 rings (SSSR count). The highest BCUT2D eigenvalue weighted by Crippen LogP contribution is 2.28. The fraction of sp³-hybridized carbons (Fsp3) is 0.257. The van der Waals surface area contributed by atoms with Gasteiger partial charge in [0.25, 0.3) is 10.0 Å². The van der Waals surface area contributed by atoms with Crippen LogP contribution in [0.1, 0.15) is 35.6 Å². The van der Waals surface area contributed by atoms with Crippen molar-refractivity contribution >= 4 is 43.5 Å². The lowest BCUT2D eigenvalue weighted by molar-refractivity contribution is -0.140. The lowest BCUT2D eigenvalue weighted by Gasteiger charge is -2.34. The summed E-state index contributed by atoms with van der Waals surface area (Å²) < 4.78 is 30.3. The largest absolute Gasteiger partial charge is 0.354 e. The zero-order chi connectivity index (χ0) is 31.7. The Morgan fingerprint density at radius 1 is 0.841 bits per heavy atom. The molecule has 0 aliphatic heterocycles. The van der Waals surface area contributed by atoms with Crippen molar-refractivity contribution in [3.8, 4) is 0 Å². The number of amides is 2. The standard InChI is InChI=1S/C35H38BrN3O4S/c1-4-21-37-35(41)33(23-28-12-6-5-7-13-28)38(24-29-14-10-15-30(36)22-29)34(40)25-39(32-16-9-8-11-27(32)3)44(42,43)31-19-17-26(2)18-20-31/h5-20,22,33H,4,21,23-25H2,1-3H3,(H,37,41). The topological polar surface area (TPSA) is 86.8 Å². The number of hydrogen-bond acceptors (Lipinski definition) is 4. The van der Waals surface area contributed by atoms with Crippen LogP contribution in [-0.4, -0.2) is 44.3 Å². The molecule has 0 heterocycles. The summed E-state index contributed by atoms with van der Waals surface area (Å²) in [4.78, 5) is 29.8. The molecule has 0 aliphatic carbocycles. The van der Waals surface area contributed by atoms with Gasteiger partial charge in [0.1, 0.15) is 12.6 Å². The molecule has 2 amide bonds. The van der Waals surface area contributed by atoms with Crippen LogP contribution in [0.3, 0.4) is 0 Å². The molecule has 9 heteroatoms. The van der Waals surface area contributed by atoms with E-state index >= 15 is 0 Å². The minimum Gasteiger partial charge on any atom is -0.354 e. The fourth-order valence-corrected chi connectivity index (χ4v) is 6.87. The Kier molecular flexibility index (Phi) is 11.4. The summed E-state index contributed by atoms with van der Waals surface area (Å²) in [6.07, 6.45) is 1.00. The number of nitrogens with zero attached hydrogens (tertiary/aromatic N) is 2. The Morgan fingerprint density at radius 2 is 1.50 bits per heavy atom. The Hall–Kier alpha value is -3.95. The van der Waals surface area contributed by atoms with Crippen molar-refractivity contribution < 1.29 is 18.0 Å². The molecular formula is C35H38BrN3O4S. The third kappa shape index (κ3) is 8.36. The Balaban J connectivity index is 1.80. The number of carbonyl (C=O) groups excluding carboxylic acids is 2. The molecule has 44 heavy (non-hydrogen) atoms. The molecule has 1 N–H and O–H groups in total. The van der Waals surface area contributed by atoms with Gasteiger partial charge in [-0.05, 0) is 67.3 Å². The first-order chi connectivity index (χ1) is 21.1. The maximum absolute atomic E-state index is 14.5. The van der Waals surface area contributed by atoms with E-state index < -0.39 is 28.5 Å². The van der Waals surface area contributed by atoms with Gasteiger partial charge in [-0.2, -0.15) is 0 Å². The van der Waals surface area contributed by atoms with Crippen molar-refractivity contribution in [2.75, 3.05) is 17.4 Å². The maximum Gasteiger partial charge on any atom is 0.264 e. The third-order valence-corrected chi connectivity index (χ3v) is 9.60. The van der Waals surface area contributed by atoms with E-state index in [4.69, 9.17) is 0 Å². The smallest absolute Gasteiger partial charge is 0.264 e. The molecule has 1 unspecified atom stereocenters. The van der Waals surface area contributed by atoms with Crippen molar-refractivity contribution in [1.29, 1.82) is 0 Å². The minimum atomic E-state index is -4.14. The van der Waals surface area contributed by atoms with Crippen molar-refractivity contribution in [3.05, 3.63) is 130 Å². The van der Waals surface area contributed by atoms with Crippen LogP contribution in [0.5, 0.6) is 0 Å². The van der Waals surface area contributed by atoms with Gasteiger partial charge in [0, 0.05) is 24.0 Å². The second kappa shape index (κ2) is 15.2. The second-order valence-corrected chi connectivity index (χ2v) is 13.5. The van der Waals surface area contributed by atoms with Gasteiger partial charge in [0.05, 0.1) is 10.6 Å². The van der Waals surface area contributed by atoms with Crippen LogP contribution in [0.25, 0.3) is 0 Å². The van der Waals surface area contributed by atoms with Crippen LogP contribution in [0.2, 0.25) is 0 Å². The van der Waals surface area contributed by atoms with Crippen LogP contribution < -0.4 is 9.62 Å². The number of carbonyl (C=O) groups is 2. The van der Waals surface area contributed by atoms with Gasteiger partial charge in [-0.1, -0.05) is 101 Å². The second-order valence-electron chi connectivity index (χ2n) is 10.8. The average Bonchev–Trinajstić information content (AvgIpc) is 3.01. The number of rotatable bonds is 13. The molecule has 0 saturated carbocycles. The molecule has 0 spiro atoms. The van der Waals surface area contributed by atoms with Crippen LogP contribution in [0, 0.1) is 13.8 Å². The number of aryl methyl sites for hydroxylation is 2. The van der Waals surface area contributed by atoms with Gasteiger partial charge in [0.2, 0.25) is 11.8 Å². The summed E-state index contributed by atoms with van der Waals surface area (Å²) in [6, 6.07) is 29.8. The monoisotopic (exact) mass is 675 g/mol. The number of para-hydroxylation sites is 1. The summed E-state index contributed by atoms with van der Waals surface area (Å²) in [7, 11) is -4.14. The summed E-state index contributed by atoms with van der Waals surface area (Å²) >= 11 is 3.51. The van der Waals surface area contributed by atoms with Crippen molar-refractivity contribution in [1.82, 2.24) is 10.2 Å². The molecule has 230 valence electrons. The summed E-state index contributed by atoms with van der Waals surface area (Å²) in [5, 5.41) is 2.97. The predicted molar refractivity (Wildman–Crippen MR) is 179 cm³/mol. The lowest BCUT2D eigenvalue weighted by Crippen LogP contribution is -2.53. The highest BCUT2D eigenvalue weighted by atomic mass is 79.9. The molecule has 0 bridgehead atoms. The van der Waals surface area contributed by atoms with Gasteiger partial charge < -0.3 is 10.2 Å². The van der Waals surface area contributed by atoms with E-state index in [1.807, 2.05) is 87.5 Å². The molecule has 0 aromatic heterocycles. The Morgan fingerprint density at radius 3 is 2.16 bits per heavy atom. The minimum absolute atomic E-state index is 0.0826. The molecule has 0 fully saturated rings. The summed E-state index contributed by atoms with van der Waals surface area (Å²) in [5.74, 6) is -0.778. The van der Waals surface area contributed by atoms with Crippen LogP contribution in [0.15, 0.2) is 112 Å². The molecule has 7 nitrogen and oxygen atoms in total. The van der Waals surface area contributed by atoms with Gasteiger partial charge in [0.15, 0.2) is 0 Å². The van der Waals surface area contributed by atoms with Gasteiger partial charge in [-0.25, -0.2) is 8.42 Å². The van der Waals surface area contributed by atoms with Gasteiger partial charge >= 0.3 is 0 Å². The van der Waals surface area contributed by atoms with Crippen molar-refractivity contribution in [2.45, 2.75) is 51.1 Å². The highest BCUT2D eigenvalue weighted by Gasteiger charge is 2.35. The average molecular weight is 677 g/mol. The van der Waals surface area contributed by atoms with E-state index in [-0.39, 0.29) is 23.8 Å². The number of nitrogens with one attached hydrogen (secondary N) is 1. The first-order valence-corrected chi connectivity index (χ1v) is 16.8. The highest BCUT2D eigenvalue weighted by molar-refractivity contribution is 9.10. The first kappa shape index (κ1) is 33.0. The van der Waals surface area contributed by atoms with Crippen LogP contribution in [0.4, 0.5) is 5.69 Å². The molecule has 0 aliphatic rings. The first-order valence-electron chi connectivity index (χ1n) is 14.6. The van der Waals surface area contributed by atoms with Crippen LogP contribution >= 0.6 is 15.9 Å². The van der Waals surface area contributed by atoms with Crippen LogP contribution in [-0.2, 0) is 32.6 Å². The normalized spacial score (nSPS) is 11.9. The van der Waals surface area contributed by atoms with E-state index in [1.54, 1.807) is 36.4 Å². The predicted octanol–water partition coefficient (Wildman–Crippen LogP) is 6.43. The summed E-state index contributed by atoms with van der Waals surface area (Å²) in [5.41, 5.74) is 3.72. The van der Waals surface area contributed by atoms with Crippen molar-refractivity contribution in [2.24, 2.45) is 0 Å². The quantitative estimate of drug-likeness (QED) is 0.177. The van der Waals surface area contributed by atoms with E-state index in [0.717, 1.165) is 31.9 Å². The van der Waals surface area contributed by atoms with Gasteiger partial charge in [-0.15, -0.1) is 0 Å². The van der Waals surface area contributed by atoms with E-state index in [1.165, 1.54) is 4.90 Å². The SMILES string of the molecule is CCCNC(=O)C(Cc1ccccc1)N(Cc1cccc(Br)c1)C(=O)CN(c1ccccc1C)S(=O)(=O)c1ccc(C)cc1. The number of benzene rings is 4. The summed E-state index contributed by atoms with van der Waals surface area (Å²) in [6.45, 7) is 5.75. The zero-order valence-corrected chi connectivity index (χ0v) is 27.6. The molecular weight excluding hydrogens is 638 g/mol. The van der Waals surface area contributed by atoms with E-state index in [2.05, 4.69) is 21.2 Å². The van der Waals surface area contributed by atoms with E-state index in [0.29, 0.717) is 17.8 Å². The zero-order valence-electron chi connectivity index (χ0n) is 25.2. The molecule has 0 radical (unpaired) electrons. The number of anilines is 1. The lowest BCUT2D eigenvalue weighted by atomic mass is 10.0. The number of sulfonamides is 1. The fourth-order valence-electron chi connectivity index (χ4n) is 4.95. The third-order valence-electron chi connectivity index (χ3n) is 7.33.